The summed E-state index contributed by atoms with van der Waals surface area (Å²) in [7, 11) is 1.87. The van der Waals surface area contributed by atoms with Crippen LogP contribution in [0.1, 0.15) is 25.5 Å². The molecule has 0 spiro atoms. The second-order valence-electron chi connectivity index (χ2n) is 3.57. The minimum atomic E-state index is -0.569. The fourth-order valence-electron chi connectivity index (χ4n) is 1.91. The summed E-state index contributed by atoms with van der Waals surface area (Å²) < 4.78 is 1.76. The second-order valence-corrected chi connectivity index (χ2v) is 3.57. The molecule has 1 N–H and O–H groups in total. The summed E-state index contributed by atoms with van der Waals surface area (Å²) in [4.78, 5) is 0. The first kappa shape index (κ1) is 7.80. The molecule has 12 heavy (non-hydrogen) atoms. The van der Waals surface area contributed by atoms with Crippen molar-refractivity contribution in [3.63, 3.8) is 0 Å². The Labute approximate surface area is 72.0 Å². The van der Waals surface area contributed by atoms with Crippen molar-refractivity contribution >= 4 is 0 Å². The molecule has 2 rings (SSSR count). The van der Waals surface area contributed by atoms with E-state index < -0.39 is 5.60 Å². The Kier molecular flexibility index (Phi) is 1.51. The Morgan fingerprint density at radius 3 is 3.00 bits per heavy atom. The molecule has 0 aromatic carbocycles. The maximum Gasteiger partial charge on any atom is 0.109 e. The Hall–Kier alpha value is -0.830. The van der Waals surface area contributed by atoms with E-state index in [2.05, 4.69) is 12.0 Å². The summed E-state index contributed by atoms with van der Waals surface area (Å²) in [5.41, 5.74) is 0.384. The van der Waals surface area contributed by atoms with E-state index in [4.69, 9.17) is 0 Å². The molecule has 1 saturated carbocycles. The van der Waals surface area contributed by atoms with E-state index in [1.807, 2.05) is 13.1 Å². The number of nitrogens with zero attached hydrogens (tertiary/aromatic N) is 2. The molecule has 0 amide bonds. The lowest BCUT2D eigenvalue weighted by Crippen LogP contribution is -2.13. The summed E-state index contributed by atoms with van der Waals surface area (Å²) in [5, 5.41) is 14.1. The summed E-state index contributed by atoms with van der Waals surface area (Å²) in [5.74, 6) is 0.438. The fraction of sp³-hybridized carbons (Fsp3) is 0.667. The quantitative estimate of drug-likeness (QED) is 0.712. The molecule has 0 aliphatic heterocycles. The molecule has 3 nitrogen and oxygen atoms in total. The molecule has 1 aliphatic carbocycles. The van der Waals surface area contributed by atoms with Gasteiger partial charge in [-0.15, -0.1) is 0 Å². The number of rotatable bonds is 2. The largest absolute Gasteiger partial charge is 0.383 e. The third-order valence-electron chi connectivity index (χ3n) is 2.83. The second kappa shape index (κ2) is 2.33. The zero-order valence-electron chi connectivity index (χ0n) is 7.49. The number of hydrogen-bond acceptors (Lipinski definition) is 2. The van der Waals surface area contributed by atoms with E-state index in [-0.39, 0.29) is 0 Å². The summed E-state index contributed by atoms with van der Waals surface area (Å²) >= 11 is 0. The number of aliphatic hydroxyl groups is 1. The molecule has 1 heterocycles. The lowest BCUT2D eigenvalue weighted by molar-refractivity contribution is 0.121. The van der Waals surface area contributed by atoms with Crippen LogP contribution in [0.4, 0.5) is 0 Å². The SMILES string of the molecule is CCC1CC1(O)c1ccnn1C. The molecule has 0 radical (unpaired) electrons. The first-order valence-corrected chi connectivity index (χ1v) is 4.39. The highest BCUT2D eigenvalue weighted by molar-refractivity contribution is 5.21. The van der Waals surface area contributed by atoms with Crippen LogP contribution >= 0.6 is 0 Å². The Balaban J connectivity index is 2.27. The smallest absolute Gasteiger partial charge is 0.109 e. The zero-order chi connectivity index (χ0) is 8.77. The standard InChI is InChI=1S/C9H14N2O/c1-3-7-6-9(7,12)8-4-5-10-11(8)2/h4-5,7,12H,3,6H2,1-2H3. The van der Waals surface area contributed by atoms with Gasteiger partial charge in [0.1, 0.15) is 5.60 Å². The normalized spacial score (nSPS) is 33.8. The van der Waals surface area contributed by atoms with Crippen LogP contribution in [-0.4, -0.2) is 14.9 Å². The lowest BCUT2D eigenvalue weighted by atomic mass is 10.1. The van der Waals surface area contributed by atoms with Crippen molar-refractivity contribution in [1.29, 1.82) is 0 Å². The first-order valence-electron chi connectivity index (χ1n) is 4.39. The Morgan fingerprint density at radius 2 is 2.58 bits per heavy atom. The predicted molar refractivity (Wildman–Crippen MR) is 45.5 cm³/mol. The molecule has 2 unspecified atom stereocenters. The van der Waals surface area contributed by atoms with Crippen molar-refractivity contribution in [3.8, 4) is 0 Å². The molecule has 0 bridgehead atoms. The van der Waals surface area contributed by atoms with Crippen molar-refractivity contribution in [2.45, 2.75) is 25.4 Å². The van der Waals surface area contributed by atoms with Gasteiger partial charge in [0.25, 0.3) is 0 Å². The summed E-state index contributed by atoms with van der Waals surface area (Å²) in [6, 6.07) is 1.90. The average molecular weight is 166 g/mol. The molecular weight excluding hydrogens is 152 g/mol. The number of hydrogen-bond donors (Lipinski definition) is 1. The van der Waals surface area contributed by atoms with Gasteiger partial charge in [0.05, 0.1) is 5.69 Å². The maximum absolute atomic E-state index is 10.1. The highest BCUT2D eigenvalue weighted by Gasteiger charge is 2.54. The van der Waals surface area contributed by atoms with Gasteiger partial charge in [-0.2, -0.15) is 5.10 Å². The van der Waals surface area contributed by atoms with Gasteiger partial charge in [-0.3, -0.25) is 4.68 Å². The highest BCUT2D eigenvalue weighted by Crippen LogP contribution is 2.53. The molecule has 1 aromatic rings. The fourth-order valence-corrected chi connectivity index (χ4v) is 1.91. The molecule has 0 saturated heterocycles. The van der Waals surface area contributed by atoms with Gasteiger partial charge in [-0.05, 0) is 18.4 Å². The van der Waals surface area contributed by atoms with Crippen LogP contribution in [0.15, 0.2) is 12.3 Å². The van der Waals surface area contributed by atoms with Gasteiger partial charge < -0.3 is 5.11 Å². The van der Waals surface area contributed by atoms with Crippen LogP contribution in [-0.2, 0) is 12.6 Å². The van der Waals surface area contributed by atoms with E-state index in [9.17, 15) is 5.11 Å². The van der Waals surface area contributed by atoms with Gasteiger partial charge in [-0.1, -0.05) is 13.3 Å². The first-order chi connectivity index (χ1) is 5.68. The number of aryl methyl sites for hydroxylation is 1. The van der Waals surface area contributed by atoms with Crippen molar-refractivity contribution < 1.29 is 5.11 Å². The maximum atomic E-state index is 10.1. The van der Waals surface area contributed by atoms with Gasteiger partial charge >= 0.3 is 0 Å². The number of aromatic nitrogens is 2. The third-order valence-corrected chi connectivity index (χ3v) is 2.83. The summed E-state index contributed by atoms with van der Waals surface area (Å²) in [6.07, 6.45) is 3.67. The molecule has 1 aliphatic rings. The molecule has 1 aromatic heterocycles. The van der Waals surface area contributed by atoms with Crippen LogP contribution in [0, 0.1) is 5.92 Å². The van der Waals surface area contributed by atoms with Crippen LogP contribution in [0.25, 0.3) is 0 Å². The Bertz CT molecular complexity index is 294. The summed E-state index contributed by atoms with van der Waals surface area (Å²) in [6.45, 7) is 2.11. The van der Waals surface area contributed by atoms with E-state index >= 15 is 0 Å². The molecule has 1 fully saturated rings. The van der Waals surface area contributed by atoms with Crippen molar-refractivity contribution in [1.82, 2.24) is 9.78 Å². The van der Waals surface area contributed by atoms with Crippen LogP contribution < -0.4 is 0 Å². The minimum absolute atomic E-state index is 0.438. The van der Waals surface area contributed by atoms with E-state index in [0.717, 1.165) is 18.5 Å². The predicted octanol–water partition coefficient (Wildman–Crippen LogP) is 1.04. The average Bonchev–Trinajstić information content (AvgIpc) is 2.50. The topological polar surface area (TPSA) is 38.1 Å². The van der Waals surface area contributed by atoms with Crippen LogP contribution in [0.3, 0.4) is 0 Å². The van der Waals surface area contributed by atoms with Gasteiger partial charge in [0, 0.05) is 13.2 Å². The zero-order valence-corrected chi connectivity index (χ0v) is 7.49. The lowest BCUT2D eigenvalue weighted by Gasteiger charge is -2.09. The van der Waals surface area contributed by atoms with Crippen molar-refractivity contribution in [3.05, 3.63) is 18.0 Å². The van der Waals surface area contributed by atoms with E-state index in [1.54, 1.807) is 10.9 Å². The minimum Gasteiger partial charge on any atom is -0.383 e. The van der Waals surface area contributed by atoms with Gasteiger partial charge in [-0.25, -0.2) is 0 Å². The van der Waals surface area contributed by atoms with Gasteiger partial charge in [0.15, 0.2) is 0 Å². The van der Waals surface area contributed by atoms with Gasteiger partial charge in [0.2, 0.25) is 0 Å². The van der Waals surface area contributed by atoms with Crippen molar-refractivity contribution in [2.24, 2.45) is 13.0 Å². The van der Waals surface area contributed by atoms with E-state index in [0.29, 0.717) is 5.92 Å². The monoisotopic (exact) mass is 166 g/mol. The highest BCUT2D eigenvalue weighted by atomic mass is 16.3. The molecule has 66 valence electrons. The third kappa shape index (κ3) is 0.894. The molecular formula is C9H14N2O. The van der Waals surface area contributed by atoms with Crippen LogP contribution in [0.5, 0.6) is 0 Å². The molecule has 2 atom stereocenters. The van der Waals surface area contributed by atoms with Crippen LogP contribution in [0.2, 0.25) is 0 Å². The Morgan fingerprint density at radius 1 is 1.83 bits per heavy atom. The van der Waals surface area contributed by atoms with Crippen molar-refractivity contribution in [2.75, 3.05) is 0 Å². The molecule has 3 heteroatoms. The van der Waals surface area contributed by atoms with E-state index in [1.165, 1.54) is 0 Å².